The molecule has 0 saturated carbocycles. The topological polar surface area (TPSA) is 55.4 Å². The molecule has 0 aliphatic rings. The Morgan fingerprint density at radius 1 is 1.44 bits per heavy atom. The largest absolute Gasteiger partial charge is 0.503 e. The van der Waals surface area contributed by atoms with Crippen molar-refractivity contribution in [2.45, 2.75) is 19.9 Å². The molecule has 1 N–H and O–H groups in total. The van der Waals surface area contributed by atoms with Crippen LogP contribution in [-0.4, -0.2) is 9.67 Å². The Morgan fingerprint density at radius 2 is 2.25 bits per heavy atom. The zero-order chi connectivity index (χ0) is 11.5. The Kier molecular flexibility index (Phi) is 2.81. The van der Waals surface area contributed by atoms with Gasteiger partial charge in [0, 0.05) is 12.3 Å². The Bertz CT molecular complexity index is 526. The number of aromatic nitrogens is 1. The molecule has 2 aromatic heterocycles. The maximum atomic E-state index is 11.3. The first kappa shape index (κ1) is 10.5. The number of furan rings is 1. The molecular weight excluding hydrogens is 206 g/mol. The van der Waals surface area contributed by atoms with Crippen molar-refractivity contribution in [2.75, 3.05) is 0 Å². The van der Waals surface area contributed by atoms with Gasteiger partial charge in [0.15, 0.2) is 5.75 Å². The molecule has 0 saturated heterocycles. The SMILES string of the molecule is CCc1c(O)c(=O)ccn1Cc1ccco1. The molecule has 0 spiro atoms. The monoisotopic (exact) mass is 219 g/mol. The first-order valence-electron chi connectivity index (χ1n) is 5.16. The van der Waals surface area contributed by atoms with Gasteiger partial charge in [0.05, 0.1) is 18.5 Å². The molecule has 2 aromatic rings. The van der Waals surface area contributed by atoms with Crippen LogP contribution < -0.4 is 5.43 Å². The average Bonchev–Trinajstić information content (AvgIpc) is 2.77. The van der Waals surface area contributed by atoms with E-state index >= 15 is 0 Å². The maximum absolute atomic E-state index is 11.3. The van der Waals surface area contributed by atoms with Gasteiger partial charge < -0.3 is 14.1 Å². The second-order valence-corrected chi connectivity index (χ2v) is 3.54. The van der Waals surface area contributed by atoms with Gasteiger partial charge >= 0.3 is 0 Å². The van der Waals surface area contributed by atoms with E-state index in [1.54, 1.807) is 12.5 Å². The predicted molar refractivity (Wildman–Crippen MR) is 59.6 cm³/mol. The fourth-order valence-corrected chi connectivity index (χ4v) is 1.69. The van der Waals surface area contributed by atoms with Crippen molar-refractivity contribution in [3.05, 3.63) is 52.3 Å². The first-order chi connectivity index (χ1) is 7.72. The quantitative estimate of drug-likeness (QED) is 0.855. The fraction of sp³-hybridized carbons (Fsp3) is 0.250. The van der Waals surface area contributed by atoms with E-state index in [1.165, 1.54) is 6.07 Å². The van der Waals surface area contributed by atoms with Crippen LogP contribution in [0.3, 0.4) is 0 Å². The highest BCUT2D eigenvalue weighted by Crippen LogP contribution is 2.14. The lowest BCUT2D eigenvalue weighted by molar-refractivity contribution is 0.443. The van der Waals surface area contributed by atoms with Gasteiger partial charge in [-0.05, 0) is 18.6 Å². The molecule has 0 amide bonds. The maximum Gasteiger partial charge on any atom is 0.223 e. The zero-order valence-corrected chi connectivity index (χ0v) is 9.01. The summed E-state index contributed by atoms with van der Waals surface area (Å²) >= 11 is 0. The Morgan fingerprint density at radius 3 is 2.88 bits per heavy atom. The molecule has 4 heteroatoms. The molecule has 0 fully saturated rings. The van der Waals surface area contributed by atoms with Crippen LogP contribution in [0.4, 0.5) is 0 Å². The van der Waals surface area contributed by atoms with Gasteiger partial charge in [-0.15, -0.1) is 0 Å². The smallest absolute Gasteiger partial charge is 0.223 e. The summed E-state index contributed by atoms with van der Waals surface area (Å²) in [6.07, 6.45) is 3.87. The van der Waals surface area contributed by atoms with E-state index in [-0.39, 0.29) is 11.2 Å². The van der Waals surface area contributed by atoms with E-state index in [2.05, 4.69) is 0 Å². The predicted octanol–water partition coefficient (Wildman–Crippen LogP) is 1.76. The lowest BCUT2D eigenvalue weighted by Crippen LogP contribution is -2.12. The van der Waals surface area contributed by atoms with E-state index < -0.39 is 0 Å². The van der Waals surface area contributed by atoms with Crippen LogP contribution in [0, 0.1) is 0 Å². The van der Waals surface area contributed by atoms with Gasteiger partial charge in [-0.1, -0.05) is 6.92 Å². The summed E-state index contributed by atoms with van der Waals surface area (Å²) in [5.74, 6) is 0.620. The number of aromatic hydroxyl groups is 1. The average molecular weight is 219 g/mol. The highest BCUT2D eigenvalue weighted by molar-refractivity contribution is 5.27. The Balaban J connectivity index is 2.41. The van der Waals surface area contributed by atoms with Crippen molar-refractivity contribution in [2.24, 2.45) is 0 Å². The number of hydrogen-bond acceptors (Lipinski definition) is 3. The highest BCUT2D eigenvalue weighted by atomic mass is 16.3. The van der Waals surface area contributed by atoms with Crippen LogP contribution in [0.1, 0.15) is 18.4 Å². The third-order valence-corrected chi connectivity index (χ3v) is 2.50. The molecule has 4 nitrogen and oxygen atoms in total. The van der Waals surface area contributed by atoms with Gasteiger partial charge in [-0.2, -0.15) is 0 Å². The van der Waals surface area contributed by atoms with Crippen LogP contribution in [0.5, 0.6) is 5.75 Å². The molecule has 0 atom stereocenters. The molecule has 0 aliphatic carbocycles. The van der Waals surface area contributed by atoms with Gasteiger partial charge in [0.2, 0.25) is 5.43 Å². The van der Waals surface area contributed by atoms with E-state index in [0.717, 1.165) is 5.76 Å². The van der Waals surface area contributed by atoms with Gasteiger partial charge in [-0.3, -0.25) is 4.79 Å². The molecule has 0 aliphatic heterocycles. The van der Waals surface area contributed by atoms with Crippen molar-refractivity contribution in [1.82, 2.24) is 4.57 Å². The van der Waals surface area contributed by atoms with E-state index in [1.807, 2.05) is 23.6 Å². The number of hydrogen-bond donors (Lipinski definition) is 1. The van der Waals surface area contributed by atoms with Gasteiger partial charge in [0.1, 0.15) is 5.76 Å². The summed E-state index contributed by atoms with van der Waals surface area (Å²) in [4.78, 5) is 11.3. The van der Waals surface area contributed by atoms with Crippen LogP contribution in [0.25, 0.3) is 0 Å². The lowest BCUT2D eigenvalue weighted by atomic mass is 10.2. The van der Waals surface area contributed by atoms with E-state index in [4.69, 9.17) is 4.42 Å². The van der Waals surface area contributed by atoms with Crippen LogP contribution >= 0.6 is 0 Å². The standard InChI is InChI=1S/C12H13NO3/c1-2-10-12(15)11(14)5-6-13(10)8-9-4-3-7-16-9/h3-7,15H,2,8H2,1H3. The highest BCUT2D eigenvalue weighted by Gasteiger charge is 2.08. The minimum Gasteiger partial charge on any atom is -0.503 e. The van der Waals surface area contributed by atoms with Crippen LogP contribution in [-0.2, 0) is 13.0 Å². The van der Waals surface area contributed by atoms with Gasteiger partial charge in [0.25, 0.3) is 0 Å². The van der Waals surface area contributed by atoms with Gasteiger partial charge in [-0.25, -0.2) is 0 Å². The van der Waals surface area contributed by atoms with E-state index in [9.17, 15) is 9.90 Å². The molecule has 0 unspecified atom stereocenters. The summed E-state index contributed by atoms with van der Waals surface area (Å²) in [7, 11) is 0. The molecule has 0 aromatic carbocycles. The van der Waals surface area contributed by atoms with Crippen LogP contribution in [0.2, 0.25) is 0 Å². The number of nitrogens with zero attached hydrogens (tertiary/aromatic N) is 1. The summed E-state index contributed by atoms with van der Waals surface area (Å²) in [6, 6.07) is 5.02. The molecule has 0 bridgehead atoms. The number of pyridine rings is 1. The summed E-state index contributed by atoms with van der Waals surface area (Å²) in [6.45, 7) is 2.41. The normalized spacial score (nSPS) is 10.6. The molecule has 2 heterocycles. The Hall–Kier alpha value is -1.97. The molecular formula is C12H13NO3. The van der Waals surface area contributed by atoms with Crippen molar-refractivity contribution < 1.29 is 9.52 Å². The summed E-state index contributed by atoms with van der Waals surface area (Å²) < 4.78 is 7.04. The minimum atomic E-state index is -0.340. The molecule has 2 rings (SSSR count). The first-order valence-corrected chi connectivity index (χ1v) is 5.16. The molecule has 84 valence electrons. The minimum absolute atomic E-state index is 0.170. The number of rotatable bonds is 3. The summed E-state index contributed by atoms with van der Waals surface area (Å²) in [5.41, 5.74) is 0.288. The molecule has 16 heavy (non-hydrogen) atoms. The third-order valence-electron chi connectivity index (χ3n) is 2.50. The Labute approximate surface area is 92.8 Å². The second kappa shape index (κ2) is 4.26. The van der Waals surface area contributed by atoms with Crippen molar-refractivity contribution in [3.8, 4) is 5.75 Å². The van der Waals surface area contributed by atoms with Crippen molar-refractivity contribution in [1.29, 1.82) is 0 Å². The van der Waals surface area contributed by atoms with Crippen molar-refractivity contribution in [3.63, 3.8) is 0 Å². The molecule has 0 radical (unpaired) electrons. The lowest BCUT2D eigenvalue weighted by Gasteiger charge is -2.11. The second-order valence-electron chi connectivity index (χ2n) is 3.54. The van der Waals surface area contributed by atoms with Crippen molar-refractivity contribution >= 4 is 0 Å². The van der Waals surface area contributed by atoms with E-state index in [0.29, 0.717) is 18.7 Å². The summed E-state index contributed by atoms with van der Waals surface area (Å²) in [5, 5.41) is 9.64. The fourth-order valence-electron chi connectivity index (χ4n) is 1.69. The van der Waals surface area contributed by atoms with Crippen LogP contribution in [0.15, 0.2) is 39.9 Å². The third kappa shape index (κ3) is 1.86. The zero-order valence-electron chi connectivity index (χ0n) is 9.01.